The van der Waals surface area contributed by atoms with Crippen molar-refractivity contribution in [2.24, 2.45) is 11.8 Å². The zero-order valence-corrected chi connectivity index (χ0v) is 11.8. The van der Waals surface area contributed by atoms with Gasteiger partial charge < -0.3 is 15.5 Å². The lowest BCUT2D eigenvalue weighted by Crippen LogP contribution is -2.47. The van der Waals surface area contributed by atoms with Gasteiger partial charge in [-0.3, -0.25) is 9.59 Å². The fraction of sp³-hybridized carbons (Fsp3) is 0.846. The summed E-state index contributed by atoms with van der Waals surface area (Å²) in [6.45, 7) is 7.81. The van der Waals surface area contributed by atoms with Crippen molar-refractivity contribution >= 4 is 11.8 Å². The van der Waals surface area contributed by atoms with Crippen LogP contribution in [0.5, 0.6) is 0 Å². The lowest BCUT2D eigenvalue weighted by molar-refractivity contribution is -0.136. The minimum absolute atomic E-state index is 0.0136. The molecule has 1 saturated heterocycles. The molecule has 1 rings (SSSR count). The highest BCUT2D eigenvalue weighted by Gasteiger charge is 2.31. The molecule has 0 aliphatic carbocycles. The van der Waals surface area contributed by atoms with E-state index in [1.165, 1.54) is 4.90 Å². The molecule has 2 N–H and O–H groups in total. The number of likely N-dealkylation sites (N-methyl/N-ethyl adjacent to an activating group) is 1. The Kier molecular flexibility index (Phi) is 5.59. The molecule has 18 heavy (non-hydrogen) atoms. The van der Waals surface area contributed by atoms with Crippen LogP contribution in [0.1, 0.15) is 27.2 Å². The predicted molar refractivity (Wildman–Crippen MR) is 71.1 cm³/mol. The van der Waals surface area contributed by atoms with Crippen LogP contribution in [-0.2, 0) is 9.59 Å². The van der Waals surface area contributed by atoms with Gasteiger partial charge in [0.15, 0.2) is 0 Å². The summed E-state index contributed by atoms with van der Waals surface area (Å²) < 4.78 is 0. The lowest BCUT2D eigenvalue weighted by atomic mass is 10.0. The third kappa shape index (κ3) is 4.29. The van der Waals surface area contributed by atoms with Gasteiger partial charge in [0, 0.05) is 13.6 Å². The van der Waals surface area contributed by atoms with E-state index in [0.29, 0.717) is 18.4 Å². The number of nitrogens with zero attached hydrogens (tertiary/aromatic N) is 1. The average Bonchev–Trinajstić information content (AvgIpc) is 2.71. The second-order valence-corrected chi connectivity index (χ2v) is 5.59. The average molecular weight is 255 g/mol. The number of hydrogen-bond donors (Lipinski definition) is 2. The Morgan fingerprint density at radius 3 is 2.61 bits per heavy atom. The molecule has 0 saturated carbocycles. The van der Waals surface area contributed by atoms with E-state index in [1.807, 2.05) is 13.8 Å². The van der Waals surface area contributed by atoms with E-state index in [0.717, 1.165) is 13.0 Å². The zero-order valence-electron chi connectivity index (χ0n) is 11.8. The summed E-state index contributed by atoms with van der Waals surface area (Å²) in [5, 5.41) is 6.00. The molecule has 1 aliphatic rings. The van der Waals surface area contributed by atoms with Crippen LogP contribution in [0.3, 0.4) is 0 Å². The van der Waals surface area contributed by atoms with E-state index < -0.39 is 0 Å². The number of amides is 2. The minimum atomic E-state index is -0.132. The van der Waals surface area contributed by atoms with E-state index in [1.54, 1.807) is 7.05 Å². The van der Waals surface area contributed by atoms with Gasteiger partial charge >= 0.3 is 0 Å². The van der Waals surface area contributed by atoms with Gasteiger partial charge in [0.05, 0.1) is 12.6 Å². The van der Waals surface area contributed by atoms with Crippen LogP contribution in [0.2, 0.25) is 0 Å². The number of rotatable bonds is 5. The second kappa shape index (κ2) is 6.73. The Morgan fingerprint density at radius 2 is 2.11 bits per heavy atom. The largest absolute Gasteiger partial charge is 0.354 e. The third-order valence-electron chi connectivity index (χ3n) is 3.26. The smallest absolute Gasteiger partial charge is 0.240 e. The van der Waals surface area contributed by atoms with Crippen LogP contribution in [0.25, 0.3) is 0 Å². The van der Waals surface area contributed by atoms with Gasteiger partial charge in [-0.1, -0.05) is 20.8 Å². The van der Waals surface area contributed by atoms with Gasteiger partial charge in [0.25, 0.3) is 0 Å². The van der Waals surface area contributed by atoms with Crippen molar-refractivity contribution in [1.29, 1.82) is 0 Å². The van der Waals surface area contributed by atoms with Crippen molar-refractivity contribution < 1.29 is 9.59 Å². The van der Waals surface area contributed by atoms with Crippen molar-refractivity contribution in [1.82, 2.24) is 15.5 Å². The Balaban J connectivity index is 2.37. The summed E-state index contributed by atoms with van der Waals surface area (Å²) in [7, 11) is 1.68. The Morgan fingerprint density at radius 1 is 1.44 bits per heavy atom. The minimum Gasteiger partial charge on any atom is -0.354 e. The van der Waals surface area contributed by atoms with Gasteiger partial charge in [0.2, 0.25) is 11.8 Å². The topological polar surface area (TPSA) is 61.4 Å². The maximum Gasteiger partial charge on any atom is 0.240 e. The molecule has 0 bridgehead atoms. The van der Waals surface area contributed by atoms with Crippen LogP contribution in [0.4, 0.5) is 0 Å². The highest BCUT2D eigenvalue weighted by atomic mass is 16.2. The molecular weight excluding hydrogens is 230 g/mol. The molecule has 0 spiro atoms. The van der Waals surface area contributed by atoms with E-state index >= 15 is 0 Å². The van der Waals surface area contributed by atoms with E-state index in [2.05, 4.69) is 17.6 Å². The van der Waals surface area contributed by atoms with Gasteiger partial charge in [0.1, 0.15) is 0 Å². The monoisotopic (exact) mass is 255 g/mol. The standard InChI is InChI=1S/C13H25N3O2/c1-9(2)7-15-11(17)8-16(4)13(18)12-10(3)5-6-14-12/h9-10,12,14H,5-8H2,1-4H3,(H,15,17). The molecule has 1 heterocycles. The molecule has 2 atom stereocenters. The summed E-state index contributed by atoms with van der Waals surface area (Å²) in [4.78, 5) is 25.3. The molecule has 2 amide bonds. The quantitative estimate of drug-likeness (QED) is 0.738. The van der Waals surface area contributed by atoms with Crippen LogP contribution < -0.4 is 10.6 Å². The van der Waals surface area contributed by atoms with Crippen molar-refractivity contribution in [3.8, 4) is 0 Å². The molecule has 5 heteroatoms. The van der Waals surface area contributed by atoms with Gasteiger partial charge in [-0.05, 0) is 24.8 Å². The van der Waals surface area contributed by atoms with E-state index in [4.69, 9.17) is 0 Å². The molecule has 0 aromatic rings. The molecule has 104 valence electrons. The second-order valence-electron chi connectivity index (χ2n) is 5.59. The van der Waals surface area contributed by atoms with Crippen molar-refractivity contribution in [2.75, 3.05) is 26.7 Å². The lowest BCUT2D eigenvalue weighted by Gasteiger charge is -2.23. The van der Waals surface area contributed by atoms with Crippen LogP contribution in [0.15, 0.2) is 0 Å². The summed E-state index contributed by atoms with van der Waals surface area (Å²) in [6.07, 6.45) is 1.02. The molecule has 0 radical (unpaired) electrons. The first-order valence-electron chi connectivity index (χ1n) is 6.67. The summed E-state index contributed by atoms with van der Waals surface area (Å²) >= 11 is 0. The summed E-state index contributed by atoms with van der Waals surface area (Å²) in [6, 6.07) is -0.132. The third-order valence-corrected chi connectivity index (χ3v) is 3.26. The number of hydrogen-bond acceptors (Lipinski definition) is 3. The SMILES string of the molecule is CC(C)CNC(=O)CN(C)C(=O)C1NCCC1C. The first kappa shape index (κ1) is 15.0. The summed E-state index contributed by atoms with van der Waals surface area (Å²) in [5.41, 5.74) is 0. The molecule has 1 fully saturated rings. The zero-order chi connectivity index (χ0) is 13.7. The molecular formula is C13H25N3O2. The van der Waals surface area contributed by atoms with E-state index in [9.17, 15) is 9.59 Å². The number of nitrogens with one attached hydrogen (secondary N) is 2. The summed E-state index contributed by atoms with van der Waals surface area (Å²) in [5.74, 6) is 0.690. The Hall–Kier alpha value is -1.10. The first-order chi connectivity index (χ1) is 8.41. The molecule has 2 unspecified atom stereocenters. The molecule has 0 aromatic carbocycles. The first-order valence-corrected chi connectivity index (χ1v) is 6.67. The normalized spacial score (nSPS) is 23.2. The highest BCUT2D eigenvalue weighted by Crippen LogP contribution is 2.15. The van der Waals surface area contributed by atoms with Crippen LogP contribution in [-0.4, -0.2) is 49.4 Å². The van der Waals surface area contributed by atoms with Crippen LogP contribution in [0, 0.1) is 11.8 Å². The van der Waals surface area contributed by atoms with Crippen LogP contribution >= 0.6 is 0 Å². The van der Waals surface area contributed by atoms with Gasteiger partial charge in [-0.25, -0.2) is 0 Å². The van der Waals surface area contributed by atoms with Crippen molar-refractivity contribution in [3.63, 3.8) is 0 Å². The van der Waals surface area contributed by atoms with E-state index in [-0.39, 0.29) is 24.4 Å². The fourth-order valence-corrected chi connectivity index (χ4v) is 2.07. The number of carbonyl (C=O) groups is 2. The Bertz CT molecular complexity index is 305. The maximum absolute atomic E-state index is 12.1. The molecule has 1 aliphatic heterocycles. The maximum atomic E-state index is 12.1. The molecule has 5 nitrogen and oxygen atoms in total. The highest BCUT2D eigenvalue weighted by molar-refractivity contribution is 5.87. The molecule has 0 aromatic heterocycles. The van der Waals surface area contributed by atoms with Gasteiger partial charge in [-0.2, -0.15) is 0 Å². The van der Waals surface area contributed by atoms with Crippen molar-refractivity contribution in [3.05, 3.63) is 0 Å². The number of carbonyl (C=O) groups excluding carboxylic acids is 2. The van der Waals surface area contributed by atoms with Crippen molar-refractivity contribution in [2.45, 2.75) is 33.2 Å². The van der Waals surface area contributed by atoms with Gasteiger partial charge in [-0.15, -0.1) is 0 Å². The fourth-order valence-electron chi connectivity index (χ4n) is 2.07. The predicted octanol–water partition coefficient (Wildman–Crippen LogP) is 0.215. The Labute approximate surface area is 109 Å².